The fourth-order valence-corrected chi connectivity index (χ4v) is 2.44. The number of aliphatic carboxylic acids is 1. The minimum atomic E-state index is -1.14. The molecule has 0 aromatic carbocycles. The van der Waals surface area contributed by atoms with Gasteiger partial charge in [-0.25, -0.2) is 9.59 Å². The Labute approximate surface area is 105 Å². The Bertz CT molecular complexity index is 358. The number of carboxylic acid groups (broad SMARTS) is 1. The largest absolute Gasteiger partial charge is 0.479 e. The van der Waals surface area contributed by atoms with E-state index in [0.29, 0.717) is 32.2 Å². The Kier molecular flexibility index (Phi) is 4.52. The molecule has 1 aliphatic rings. The fraction of sp³-hybridized carbons (Fsp3) is 0.727. The van der Waals surface area contributed by atoms with Gasteiger partial charge in [0.2, 0.25) is 5.91 Å². The topological polar surface area (TPSA) is 113 Å². The fourth-order valence-electron chi connectivity index (χ4n) is 2.44. The van der Waals surface area contributed by atoms with Crippen molar-refractivity contribution in [3.63, 3.8) is 0 Å². The molecular formula is C11H19N3O4. The summed E-state index contributed by atoms with van der Waals surface area (Å²) >= 11 is 0. The second-order valence-electron chi connectivity index (χ2n) is 4.47. The maximum atomic E-state index is 11.9. The van der Waals surface area contributed by atoms with Crippen molar-refractivity contribution in [2.75, 3.05) is 13.1 Å². The van der Waals surface area contributed by atoms with Crippen LogP contribution in [-0.2, 0) is 9.59 Å². The smallest absolute Gasteiger partial charge is 0.329 e. The van der Waals surface area contributed by atoms with E-state index in [-0.39, 0.29) is 6.54 Å². The normalized spacial score (nSPS) is 22.8. The monoisotopic (exact) mass is 257 g/mol. The van der Waals surface area contributed by atoms with Crippen LogP contribution >= 0.6 is 0 Å². The highest BCUT2D eigenvalue weighted by Gasteiger charge is 2.49. The summed E-state index contributed by atoms with van der Waals surface area (Å²) in [6, 6.07) is -0.540. The van der Waals surface area contributed by atoms with Crippen LogP contribution in [0, 0.1) is 0 Å². The minimum Gasteiger partial charge on any atom is -0.479 e. The van der Waals surface area contributed by atoms with Crippen molar-refractivity contribution in [2.24, 2.45) is 5.73 Å². The number of hydrogen-bond donors (Lipinski definition) is 3. The molecule has 1 heterocycles. The van der Waals surface area contributed by atoms with Crippen LogP contribution in [0.1, 0.15) is 32.6 Å². The molecule has 7 heteroatoms. The predicted octanol–water partition coefficient (Wildman–Crippen LogP) is -0.0994. The number of carbonyl (C=O) groups is 3. The summed E-state index contributed by atoms with van der Waals surface area (Å²) in [5, 5.41) is 11.7. The van der Waals surface area contributed by atoms with Crippen molar-refractivity contribution in [3.05, 3.63) is 0 Å². The van der Waals surface area contributed by atoms with Crippen LogP contribution in [0.3, 0.4) is 0 Å². The SMILES string of the molecule is CCCC1(C(=O)O)CCCN1C(=O)NCC(N)=O. The van der Waals surface area contributed by atoms with E-state index < -0.39 is 23.4 Å². The molecule has 0 radical (unpaired) electrons. The quantitative estimate of drug-likeness (QED) is 0.638. The maximum Gasteiger partial charge on any atom is 0.329 e. The average Bonchev–Trinajstić information content (AvgIpc) is 2.71. The minimum absolute atomic E-state index is 0.281. The summed E-state index contributed by atoms with van der Waals surface area (Å²) in [7, 11) is 0. The zero-order chi connectivity index (χ0) is 13.8. The number of carboxylic acids is 1. The molecule has 1 fully saturated rings. The van der Waals surface area contributed by atoms with Gasteiger partial charge in [-0.3, -0.25) is 4.79 Å². The number of rotatable bonds is 5. The van der Waals surface area contributed by atoms with E-state index in [1.807, 2.05) is 6.92 Å². The van der Waals surface area contributed by atoms with Crippen LogP contribution in [0.2, 0.25) is 0 Å². The standard InChI is InChI=1S/C11H19N3O4/c1-2-4-11(9(16)17)5-3-6-14(11)10(18)13-7-8(12)15/h2-7H2,1H3,(H2,12,15)(H,13,18)(H,16,17). The van der Waals surface area contributed by atoms with Crippen LogP contribution < -0.4 is 11.1 Å². The number of urea groups is 1. The molecule has 1 aliphatic heterocycles. The molecule has 0 aliphatic carbocycles. The Balaban J connectivity index is 2.81. The summed E-state index contributed by atoms with van der Waals surface area (Å²) in [4.78, 5) is 35.3. The Morgan fingerprint density at radius 3 is 2.61 bits per heavy atom. The predicted molar refractivity (Wildman–Crippen MR) is 63.8 cm³/mol. The molecule has 0 aromatic rings. The van der Waals surface area contributed by atoms with Crippen molar-refractivity contribution in [1.82, 2.24) is 10.2 Å². The maximum absolute atomic E-state index is 11.9. The molecule has 4 N–H and O–H groups in total. The van der Waals surface area contributed by atoms with Gasteiger partial charge in [-0.2, -0.15) is 0 Å². The van der Waals surface area contributed by atoms with Crippen LogP contribution in [0.25, 0.3) is 0 Å². The second kappa shape index (κ2) is 5.70. The molecule has 1 atom stereocenters. The van der Waals surface area contributed by atoms with Gasteiger partial charge in [0.1, 0.15) is 5.54 Å². The molecule has 1 rings (SSSR count). The van der Waals surface area contributed by atoms with Crippen LogP contribution in [0.4, 0.5) is 4.79 Å². The van der Waals surface area contributed by atoms with Crippen molar-refractivity contribution >= 4 is 17.9 Å². The van der Waals surface area contributed by atoms with Gasteiger partial charge < -0.3 is 21.1 Å². The summed E-state index contributed by atoms with van der Waals surface area (Å²) in [6.45, 7) is 1.98. The number of hydrogen-bond acceptors (Lipinski definition) is 3. The van der Waals surface area contributed by atoms with E-state index in [2.05, 4.69) is 5.32 Å². The van der Waals surface area contributed by atoms with Gasteiger partial charge in [0, 0.05) is 6.54 Å². The first-order valence-electron chi connectivity index (χ1n) is 6.01. The number of carbonyl (C=O) groups excluding carboxylic acids is 2. The first kappa shape index (κ1) is 14.3. The zero-order valence-electron chi connectivity index (χ0n) is 10.4. The van der Waals surface area contributed by atoms with Crippen LogP contribution in [0.15, 0.2) is 0 Å². The first-order valence-corrected chi connectivity index (χ1v) is 6.01. The number of nitrogens with two attached hydrogens (primary N) is 1. The summed E-state index contributed by atoms with van der Waals surface area (Å²) < 4.78 is 0. The molecule has 1 saturated heterocycles. The van der Waals surface area contributed by atoms with E-state index in [0.717, 1.165) is 0 Å². The van der Waals surface area contributed by atoms with E-state index in [4.69, 9.17) is 5.73 Å². The van der Waals surface area contributed by atoms with E-state index in [1.165, 1.54) is 4.90 Å². The van der Waals surface area contributed by atoms with Crippen molar-refractivity contribution < 1.29 is 19.5 Å². The van der Waals surface area contributed by atoms with Crippen molar-refractivity contribution in [1.29, 1.82) is 0 Å². The lowest BCUT2D eigenvalue weighted by molar-refractivity contribution is -0.148. The average molecular weight is 257 g/mol. The van der Waals surface area contributed by atoms with Gasteiger partial charge in [0.15, 0.2) is 0 Å². The molecular weight excluding hydrogens is 238 g/mol. The number of likely N-dealkylation sites (tertiary alicyclic amines) is 1. The number of nitrogens with one attached hydrogen (secondary N) is 1. The van der Waals surface area contributed by atoms with Gasteiger partial charge >= 0.3 is 12.0 Å². The van der Waals surface area contributed by atoms with Gasteiger partial charge in [-0.1, -0.05) is 13.3 Å². The van der Waals surface area contributed by atoms with E-state index >= 15 is 0 Å². The molecule has 0 bridgehead atoms. The Morgan fingerprint density at radius 1 is 1.44 bits per heavy atom. The molecule has 3 amide bonds. The van der Waals surface area contributed by atoms with Crippen molar-refractivity contribution in [3.8, 4) is 0 Å². The van der Waals surface area contributed by atoms with E-state index in [1.54, 1.807) is 0 Å². The lowest BCUT2D eigenvalue weighted by Crippen LogP contribution is -2.56. The molecule has 0 spiro atoms. The van der Waals surface area contributed by atoms with Crippen LogP contribution in [-0.4, -0.2) is 46.5 Å². The third-order valence-corrected chi connectivity index (χ3v) is 3.21. The van der Waals surface area contributed by atoms with Gasteiger partial charge in [0.05, 0.1) is 6.54 Å². The van der Waals surface area contributed by atoms with Gasteiger partial charge in [0.25, 0.3) is 0 Å². The summed E-state index contributed by atoms with van der Waals surface area (Å²) in [6.07, 6.45) is 2.18. The molecule has 7 nitrogen and oxygen atoms in total. The molecule has 0 saturated carbocycles. The molecule has 1 unspecified atom stereocenters. The van der Waals surface area contributed by atoms with Gasteiger partial charge in [-0.15, -0.1) is 0 Å². The lowest BCUT2D eigenvalue weighted by atomic mass is 9.91. The second-order valence-corrected chi connectivity index (χ2v) is 4.47. The lowest BCUT2D eigenvalue weighted by Gasteiger charge is -2.34. The summed E-state index contributed by atoms with van der Waals surface area (Å²) in [5.41, 5.74) is 3.79. The number of primary amides is 1. The Hall–Kier alpha value is -1.79. The first-order chi connectivity index (χ1) is 8.44. The highest BCUT2D eigenvalue weighted by molar-refractivity contribution is 5.89. The number of amides is 3. The van der Waals surface area contributed by atoms with Crippen LogP contribution in [0.5, 0.6) is 0 Å². The third-order valence-electron chi connectivity index (χ3n) is 3.21. The van der Waals surface area contributed by atoms with Crippen molar-refractivity contribution in [2.45, 2.75) is 38.1 Å². The summed E-state index contributed by atoms with van der Waals surface area (Å²) in [5.74, 6) is -1.64. The highest BCUT2D eigenvalue weighted by Crippen LogP contribution is 2.33. The zero-order valence-corrected chi connectivity index (χ0v) is 10.4. The molecule has 102 valence electrons. The van der Waals surface area contributed by atoms with Gasteiger partial charge in [-0.05, 0) is 19.3 Å². The molecule has 0 aromatic heterocycles. The van der Waals surface area contributed by atoms with E-state index in [9.17, 15) is 19.5 Å². The Morgan fingerprint density at radius 2 is 2.11 bits per heavy atom. The highest BCUT2D eigenvalue weighted by atomic mass is 16.4. The number of nitrogens with zero attached hydrogens (tertiary/aromatic N) is 1. The third kappa shape index (κ3) is 2.72. The molecule has 18 heavy (non-hydrogen) atoms.